The van der Waals surface area contributed by atoms with Crippen molar-refractivity contribution in [2.24, 2.45) is 16.8 Å². The highest BCUT2D eigenvalue weighted by Crippen LogP contribution is 2.24. The van der Waals surface area contributed by atoms with Gasteiger partial charge in [-0.05, 0) is 25.7 Å². The summed E-state index contributed by atoms with van der Waals surface area (Å²) in [5.41, 5.74) is 5.41. The lowest BCUT2D eigenvalue weighted by Crippen LogP contribution is -2.42. The van der Waals surface area contributed by atoms with Gasteiger partial charge in [0.2, 0.25) is 0 Å². The smallest absolute Gasteiger partial charge is 0.156 e. The van der Waals surface area contributed by atoms with Gasteiger partial charge in [0, 0.05) is 6.54 Å². The summed E-state index contributed by atoms with van der Waals surface area (Å²) < 4.78 is 0. The van der Waals surface area contributed by atoms with Crippen molar-refractivity contribution in [3.05, 3.63) is 0 Å². The second-order valence-electron chi connectivity index (χ2n) is 3.91. The number of hydrogen-bond acceptors (Lipinski definition) is 4. The minimum atomic E-state index is -0.193. The van der Waals surface area contributed by atoms with E-state index < -0.39 is 0 Å². The van der Waals surface area contributed by atoms with Gasteiger partial charge in [-0.15, -0.1) is 0 Å². The summed E-state index contributed by atoms with van der Waals surface area (Å²) in [5.74, 6) is 0.487. The average molecular weight is 201 g/mol. The molecule has 3 unspecified atom stereocenters. The summed E-state index contributed by atoms with van der Waals surface area (Å²) in [6.07, 6.45) is 2.84. The minimum absolute atomic E-state index is 0.146. The maximum atomic E-state index is 9.55. The van der Waals surface area contributed by atoms with E-state index in [2.05, 4.69) is 10.5 Å². The van der Waals surface area contributed by atoms with Crippen LogP contribution in [-0.2, 0) is 0 Å². The highest BCUT2D eigenvalue weighted by atomic mass is 16.4. The second kappa shape index (κ2) is 5.17. The van der Waals surface area contributed by atoms with Crippen LogP contribution in [0.3, 0.4) is 0 Å². The Morgan fingerprint density at radius 1 is 1.64 bits per heavy atom. The molecule has 0 heterocycles. The van der Waals surface area contributed by atoms with Crippen molar-refractivity contribution in [2.45, 2.75) is 38.3 Å². The van der Waals surface area contributed by atoms with Crippen LogP contribution < -0.4 is 11.1 Å². The third-order valence-corrected chi connectivity index (χ3v) is 2.86. The minimum Gasteiger partial charge on any atom is -0.409 e. The van der Waals surface area contributed by atoms with Crippen LogP contribution in [-0.4, -0.2) is 34.8 Å². The summed E-state index contributed by atoms with van der Waals surface area (Å²) in [6, 6.07) is -0.146. The van der Waals surface area contributed by atoms with E-state index in [1.165, 1.54) is 0 Å². The van der Waals surface area contributed by atoms with Crippen LogP contribution in [0.2, 0.25) is 0 Å². The summed E-state index contributed by atoms with van der Waals surface area (Å²) in [4.78, 5) is 0. The maximum Gasteiger partial charge on any atom is 0.156 e. The summed E-state index contributed by atoms with van der Waals surface area (Å²) in [6.45, 7) is 2.55. The van der Waals surface area contributed by atoms with E-state index in [0.29, 0.717) is 5.92 Å². The number of oxime groups is 1. The van der Waals surface area contributed by atoms with E-state index >= 15 is 0 Å². The van der Waals surface area contributed by atoms with Gasteiger partial charge in [-0.3, -0.25) is 0 Å². The molecule has 5 heteroatoms. The number of nitrogens with zero attached hydrogens (tertiary/aromatic N) is 1. The third-order valence-electron chi connectivity index (χ3n) is 2.86. The zero-order valence-electron chi connectivity index (χ0n) is 8.48. The van der Waals surface area contributed by atoms with E-state index in [9.17, 15) is 5.11 Å². The van der Waals surface area contributed by atoms with Gasteiger partial charge in [-0.2, -0.15) is 0 Å². The summed E-state index contributed by atoms with van der Waals surface area (Å²) in [5, 5.41) is 24.0. The standard InChI is InChI=1S/C9H19N3O2/c1-6(9(10)12-14)11-5-7-3-2-4-8(7)13/h6-8,11,13-14H,2-5H2,1H3,(H2,10,12). The lowest BCUT2D eigenvalue weighted by Gasteiger charge is -2.18. The van der Waals surface area contributed by atoms with Gasteiger partial charge in [0.05, 0.1) is 12.1 Å². The van der Waals surface area contributed by atoms with E-state index in [4.69, 9.17) is 10.9 Å². The fourth-order valence-electron chi connectivity index (χ4n) is 1.77. The number of nitrogens with one attached hydrogen (secondary N) is 1. The van der Waals surface area contributed by atoms with Crippen LogP contribution in [0.1, 0.15) is 26.2 Å². The molecule has 5 nitrogen and oxygen atoms in total. The molecule has 14 heavy (non-hydrogen) atoms. The molecule has 3 atom stereocenters. The fourth-order valence-corrected chi connectivity index (χ4v) is 1.77. The van der Waals surface area contributed by atoms with Crippen molar-refractivity contribution in [3.8, 4) is 0 Å². The molecule has 0 bridgehead atoms. The monoisotopic (exact) mass is 201 g/mol. The molecule has 0 spiro atoms. The first-order chi connectivity index (χ1) is 6.65. The van der Waals surface area contributed by atoms with Crippen LogP contribution in [0.5, 0.6) is 0 Å². The molecule has 1 fully saturated rings. The lowest BCUT2D eigenvalue weighted by atomic mass is 10.1. The Morgan fingerprint density at radius 2 is 2.36 bits per heavy atom. The predicted molar refractivity (Wildman–Crippen MR) is 54.2 cm³/mol. The molecule has 0 aromatic carbocycles. The van der Waals surface area contributed by atoms with E-state index in [1.807, 2.05) is 6.92 Å². The number of rotatable bonds is 4. The average Bonchev–Trinajstić information content (AvgIpc) is 2.59. The largest absolute Gasteiger partial charge is 0.409 e. The maximum absolute atomic E-state index is 9.55. The molecule has 1 rings (SSSR count). The molecule has 1 saturated carbocycles. The molecule has 1 aliphatic rings. The zero-order chi connectivity index (χ0) is 10.6. The summed E-state index contributed by atoms with van der Waals surface area (Å²) in [7, 11) is 0. The van der Waals surface area contributed by atoms with Crippen LogP contribution in [0.4, 0.5) is 0 Å². The zero-order valence-corrected chi connectivity index (χ0v) is 8.48. The number of aliphatic hydroxyl groups is 1. The van der Waals surface area contributed by atoms with Crippen molar-refractivity contribution >= 4 is 5.84 Å². The van der Waals surface area contributed by atoms with Gasteiger partial charge in [-0.1, -0.05) is 11.6 Å². The van der Waals surface area contributed by atoms with Crippen molar-refractivity contribution in [3.63, 3.8) is 0 Å². The molecular weight excluding hydrogens is 182 g/mol. The molecule has 0 aromatic heterocycles. The second-order valence-corrected chi connectivity index (χ2v) is 3.91. The Morgan fingerprint density at radius 3 is 2.86 bits per heavy atom. The van der Waals surface area contributed by atoms with E-state index in [0.717, 1.165) is 25.8 Å². The van der Waals surface area contributed by atoms with Crippen LogP contribution in [0.15, 0.2) is 5.16 Å². The van der Waals surface area contributed by atoms with Crippen LogP contribution >= 0.6 is 0 Å². The van der Waals surface area contributed by atoms with Crippen molar-refractivity contribution in [2.75, 3.05) is 6.54 Å². The molecule has 0 saturated heterocycles. The SMILES string of the molecule is CC(NCC1CCCC1O)C(N)=NO. The molecule has 5 N–H and O–H groups in total. The molecular formula is C9H19N3O2. The van der Waals surface area contributed by atoms with E-state index in [1.54, 1.807) is 0 Å². The quantitative estimate of drug-likeness (QED) is 0.221. The first-order valence-electron chi connectivity index (χ1n) is 5.04. The van der Waals surface area contributed by atoms with Gasteiger partial charge < -0.3 is 21.4 Å². The number of amidine groups is 1. The van der Waals surface area contributed by atoms with Gasteiger partial charge in [-0.25, -0.2) is 0 Å². The fraction of sp³-hybridized carbons (Fsp3) is 0.889. The Labute approximate surface area is 84.0 Å². The van der Waals surface area contributed by atoms with Gasteiger partial charge in [0.15, 0.2) is 5.84 Å². The Hall–Kier alpha value is -0.810. The molecule has 1 aliphatic carbocycles. The molecule has 0 radical (unpaired) electrons. The first kappa shape index (κ1) is 11.3. The van der Waals surface area contributed by atoms with Crippen molar-refractivity contribution < 1.29 is 10.3 Å². The number of nitrogens with two attached hydrogens (primary N) is 1. The molecule has 0 amide bonds. The van der Waals surface area contributed by atoms with Gasteiger partial charge in [0.25, 0.3) is 0 Å². The van der Waals surface area contributed by atoms with Gasteiger partial charge >= 0.3 is 0 Å². The van der Waals surface area contributed by atoms with E-state index in [-0.39, 0.29) is 18.0 Å². The Bertz CT molecular complexity index is 208. The molecule has 0 aliphatic heterocycles. The predicted octanol–water partition coefficient (Wildman–Crippen LogP) is -0.128. The van der Waals surface area contributed by atoms with Crippen LogP contribution in [0, 0.1) is 5.92 Å². The third kappa shape index (κ3) is 2.85. The summed E-state index contributed by atoms with van der Waals surface area (Å²) >= 11 is 0. The molecule has 82 valence electrons. The topological polar surface area (TPSA) is 90.9 Å². The van der Waals surface area contributed by atoms with Crippen molar-refractivity contribution in [1.29, 1.82) is 0 Å². The lowest BCUT2D eigenvalue weighted by molar-refractivity contribution is 0.131. The highest BCUT2D eigenvalue weighted by molar-refractivity contribution is 5.84. The number of hydrogen-bond donors (Lipinski definition) is 4. The molecule has 0 aromatic rings. The van der Waals surface area contributed by atoms with Crippen LogP contribution in [0.25, 0.3) is 0 Å². The van der Waals surface area contributed by atoms with Crippen molar-refractivity contribution in [1.82, 2.24) is 5.32 Å². The Balaban J connectivity index is 2.26. The Kier molecular flexibility index (Phi) is 4.16. The normalized spacial score (nSPS) is 30.6. The first-order valence-corrected chi connectivity index (χ1v) is 5.04. The number of aliphatic hydroxyl groups excluding tert-OH is 1. The highest BCUT2D eigenvalue weighted by Gasteiger charge is 2.25. The van der Waals surface area contributed by atoms with Gasteiger partial charge in [0.1, 0.15) is 0 Å².